The number of amides is 2. The second-order valence-corrected chi connectivity index (χ2v) is 6.43. The quantitative estimate of drug-likeness (QED) is 0.712. The minimum absolute atomic E-state index is 0.0701. The molecule has 0 fully saturated rings. The first kappa shape index (κ1) is 17.5. The average molecular weight is 378 g/mol. The van der Waals surface area contributed by atoms with Crippen molar-refractivity contribution in [2.75, 3.05) is 18.1 Å². The molecule has 7 heteroatoms. The van der Waals surface area contributed by atoms with Gasteiger partial charge in [0, 0.05) is 10.9 Å². The Balaban J connectivity index is 1.99. The van der Waals surface area contributed by atoms with Crippen molar-refractivity contribution in [3.8, 4) is 11.5 Å². The second-order valence-electron chi connectivity index (χ2n) is 5.11. The highest BCUT2D eigenvalue weighted by Crippen LogP contribution is 2.39. The Hall–Kier alpha value is -2.31. The van der Waals surface area contributed by atoms with Crippen LogP contribution in [0.5, 0.6) is 11.5 Å². The van der Waals surface area contributed by atoms with Gasteiger partial charge in [-0.05, 0) is 37.4 Å². The van der Waals surface area contributed by atoms with Gasteiger partial charge in [0.15, 0.2) is 11.5 Å². The highest BCUT2D eigenvalue weighted by Gasteiger charge is 2.39. The lowest BCUT2D eigenvalue weighted by molar-refractivity contribution is -0.119. The van der Waals surface area contributed by atoms with Crippen molar-refractivity contribution in [3.05, 3.63) is 45.6 Å². The van der Waals surface area contributed by atoms with Gasteiger partial charge in [0.25, 0.3) is 11.8 Å². The van der Waals surface area contributed by atoms with Crippen LogP contribution >= 0.6 is 22.9 Å². The molecule has 0 N–H and O–H groups in total. The maximum atomic E-state index is 12.8. The topological polar surface area (TPSA) is 55.8 Å². The van der Waals surface area contributed by atoms with Crippen LogP contribution in [0.3, 0.4) is 0 Å². The van der Waals surface area contributed by atoms with Crippen LogP contribution in [-0.2, 0) is 9.59 Å². The number of halogens is 1. The maximum Gasteiger partial charge on any atom is 0.277 e. The number of carbonyl (C=O) groups is 2. The second kappa shape index (κ2) is 7.29. The Morgan fingerprint density at radius 3 is 2.40 bits per heavy atom. The first-order chi connectivity index (χ1) is 12.1. The summed E-state index contributed by atoms with van der Waals surface area (Å²) in [6.45, 7) is 4.64. The zero-order valence-electron chi connectivity index (χ0n) is 13.7. The van der Waals surface area contributed by atoms with E-state index in [1.807, 2.05) is 25.3 Å². The highest BCUT2D eigenvalue weighted by atomic mass is 35.5. The van der Waals surface area contributed by atoms with Crippen molar-refractivity contribution in [2.24, 2.45) is 0 Å². The molecule has 5 nitrogen and oxygen atoms in total. The van der Waals surface area contributed by atoms with E-state index in [0.29, 0.717) is 35.3 Å². The third kappa shape index (κ3) is 3.15. The predicted octanol–water partition coefficient (Wildman–Crippen LogP) is 4.07. The minimum Gasteiger partial charge on any atom is -0.490 e. The monoisotopic (exact) mass is 377 g/mol. The largest absolute Gasteiger partial charge is 0.490 e. The van der Waals surface area contributed by atoms with Gasteiger partial charge in [-0.2, -0.15) is 0 Å². The molecule has 1 aliphatic heterocycles. The Morgan fingerprint density at radius 2 is 1.76 bits per heavy atom. The molecule has 2 amide bonds. The van der Waals surface area contributed by atoms with Crippen molar-refractivity contribution in [2.45, 2.75) is 13.8 Å². The summed E-state index contributed by atoms with van der Waals surface area (Å²) in [4.78, 5) is 27.1. The molecule has 0 aliphatic carbocycles. The number of imide groups is 1. The number of thiophene rings is 1. The van der Waals surface area contributed by atoms with Crippen LogP contribution in [0.2, 0.25) is 0 Å². The van der Waals surface area contributed by atoms with Gasteiger partial charge in [-0.3, -0.25) is 9.59 Å². The van der Waals surface area contributed by atoms with Crippen molar-refractivity contribution in [1.29, 1.82) is 0 Å². The fourth-order valence-electron chi connectivity index (χ4n) is 2.55. The standard InChI is InChI=1S/C18H16ClNO4S/c1-3-23-12-8-7-11(10-13(12)24-4-2)20-17(21)15(16(19)18(20)22)14-6-5-9-25-14/h5-10H,3-4H2,1-2H3. The minimum atomic E-state index is -0.540. The molecule has 130 valence electrons. The van der Waals surface area contributed by atoms with Crippen LogP contribution in [0.4, 0.5) is 5.69 Å². The van der Waals surface area contributed by atoms with Crippen molar-refractivity contribution >= 4 is 46.0 Å². The normalized spacial score (nSPS) is 14.4. The first-order valence-corrected chi connectivity index (χ1v) is 9.06. The lowest BCUT2D eigenvalue weighted by Crippen LogP contribution is -2.31. The van der Waals surface area contributed by atoms with Crippen molar-refractivity contribution in [3.63, 3.8) is 0 Å². The third-order valence-corrected chi connectivity index (χ3v) is 4.82. The molecule has 1 aromatic heterocycles. The number of benzene rings is 1. The number of hydrogen-bond acceptors (Lipinski definition) is 5. The molecule has 0 atom stereocenters. The van der Waals surface area contributed by atoms with Gasteiger partial charge in [0.05, 0.1) is 24.5 Å². The number of ether oxygens (including phenoxy) is 2. The molecule has 0 saturated heterocycles. The van der Waals surface area contributed by atoms with E-state index in [9.17, 15) is 9.59 Å². The van der Waals surface area contributed by atoms with Crippen LogP contribution in [0, 0.1) is 0 Å². The summed E-state index contributed by atoms with van der Waals surface area (Å²) in [5, 5.41) is 1.76. The molecule has 1 aromatic carbocycles. The van der Waals surface area contributed by atoms with Gasteiger partial charge in [0.2, 0.25) is 0 Å². The van der Waals surface area contributed by atoms with Crippen molar-refractivity contribution < 1.29 is 19.1 Å². The van der Waals surface area contributed by atoms with E-state index >= 15 is 0 Å². The molecule has 1 aliphatic rings. The Morgan fingerprint density at radius 1 is 1.04 bits per heavy atom. The van der Waals surface area contributed by atoms with E-state index in [-0.39, 0.29) is 10.6 Å². The van der Waals surface area contributed by atoms with E-state index < -0.39 is 11.8 Å². The molecule has 25 heavy (non-hydrogen) atoms. The van der Waals surface area contributed by atoms with Crippen LogP contribution < -0.4 is 14.4 Å². The molecule has 2 heterocycles. The van der Waals surface area contributed by atoms with Gasteiger partial charge in [-0.25, -0.2) is 4.90 Å². The zero-order valence-corrected chi connectivity index (χ0v) is 15.3. The summed E-state index contributed by atoms with van der Waals surface area (Å²) in [6.07, 6.45) is 0. The average Bonchev–Trinajstić information content (AvgIpc) is 3.18. The van der Waals surface area contributed by atoms with E-state index in [2.05, 4.69) is 0 Å². The summed E-state index contributed by atoms with van der Waals surface area (Å²) in [5.41, 5.74) is 0.625. The predicted molar refractivity (Wildman–Crippen MR) is 98.4 cm³/mol. The Labute approximate surface area is 154 Å². The number of carbonyl (C=O) groups excluding carboxylic acids is 2. The summed E-state index contributed by atoms with van der Waals surface area (Å²) in [5.74, 6) is 0.0543. The Bertz CT molecular complexity index is 845. The lowest BCUT2D eigenvalue weighted by Gasteiger charge is -2.18. The highest BCUT2D eigenvalue weighted by molar-refractivity contribution is 7.11. The SMILES string of the molecule is CCOc1ccc(N2C(=O)C(Cl)=C(c3cccs3)C2=O)cc1OCC. The number of nitrogens with zero attached hydrogens (tertiary/aromatic N) is 1. The summed E-state index contributed by atoms with van der Waals surface area (Å²) >= 11 is 7.52. The van der Waals surface area contributed by atoms with E-state index in [0.717, 1.165) is 4.90 Å². The molecule has 2 aromatic rings. The van der Waals surface area contributed by atoms with Crippen LogP contribution in [0.25, 0.3) is 5.57 Å². The fraction of sp³-hybridized carbons (Fsp3) is 0.222. The smallest absolute Gasteiger partial charge is 0.277 e. The molecule has 0 saturated carbocycles. The summed E-state index contributed by atoms with van der Waals surface area (Å²) in [6, 6.07) is 8.51. The fourth-order valence-corrected chi connectivity index (χ4v) is 3.64. The van der Waals surface area contributed by atoms with E-state index in [1.54, 1.807) is 24.3 Å². The summed E-state index contributed by atoms with van der Waals surface area (Å²) in [7, 11) is 0. The van der Waals surface area contributed by atoms with Gasteiger partial charge < -0.3 is 9.47 Å². The third-order valence-electron chi connectivity index (χ3n) is 3.58. The van der Waals surface area contributed by atoms with Crippen LogP contribution in [-0.4, -0.2) is 25.0 Å². The number of hydrogen-bond donors (Lipinski definition) is 0. The lowest BCUT2D eigenvalue weighted by atomic mass is 10.2. The van der Waals surface area contributed by atoms with Crippen LogP contribution in [0.15, 0.2) is 40.7 Å². The Kier molecular flexibility index (Phi) is 5.11. The molecule has 0 bridgehead atoms. The van der Waals surface area contributed by atoms with E-state index in [4.69, 9.17) is 21.1 Å². The molecule has 0 radical (unpaired) electrons. The van der Waals surface area contributed by atoms with E-state index in [1.165, 1.54) is 11.3 Å². The maximum absolute atomic E-state index is 12.8. The molecule has 0 unspecified atom stereocenters. The van der Waals surface area contributed by atoms with Gasteiger partial charge >= 0.3 is 0 Å². The summed E-state index contributed by atoms with van der Waals surface area (Å²) < 4.78 is 11.1. The van der Waals surface area contributed by atoms with Gasteiger partial charge in [0.1, 0.15) is 5.03 Å². The molecule has 3 rings (SSSR count). The van der Waals surface area contributed by atoms with Crippen molar-refractivity contribution in [1.82, 2.24) is 0 Å². The number of rotatable bonds is 6. The molecule has 0 spiro atoms. The first-order valence-electron chi connectivity index (χ1n) is 7.80. The number of anilines is 1. The van der Waals surface area contributed by atoms with Crippen LogP contribution in [0.1, 0.15) is 18.7 Å². The zero-order chi connectivity index (χ0) is 18.0. The molecular formula is C18H16ClNO4S. The van der Waals surface area contributed by atoms with Gasteiger partial charge in [-0.1, -0.05) is 17.7 Å². The molecular weight excluding hydrogens is 362 g/mol. The van der Waals surface area contributed by atoms with Gasteiger partial charge in [-0.15, -0.1) is 11.3 Å².